The molecule has 0 aliphatic heterocycles. The largest absolute Gasteiger partial charge is 0.440 e. The molecular weight excluding hydrogens is 364 g/mol. The van der Waals surface area contributed by atoms with Crippen LogP contribution in [0.4, 0.5) is 0 Å². The van der Waals surface area contributed by atoms with Crippen LogP contribution in [-0.2, 0) is 13.0 Å². The van der Waals surface area contributed by atoms with Crippen LogP contribution in [0, 0.1) is 27.7 Å². The van der Waals surface area contributed by atoms with Crippen LogP contribution in [0.5, 0.6) is 11.6 Å². The maximum Gasteiger partial charge on any atom is 0.331 e. The van der Waals surface area contributed by atoms with Gasteiger partial charge in [-0.05, 0) is 62.9 Å². The fourth-order valence-electron chi connectivity index (χ4n) is 3.77. The molecule has 0 aliphatic carbocycles. The second-order valence-electron chi connectivity index (χ2n) is 7.80. The lowest BCUT2D eigenvalue weighted by atomic mass is 10.1. The standard InChI is InChI=1S/C24H28N2O3/c1-6-7-21-22(27)25-24(28)26(14-19-10-15(2)8-16(3)11-19)23(21)29-20-12-17(4)9-18(5)13-20/h8-13H,6-7,14H2,1-5H3,(H,25,27,28). The average Bonchev–Trinajstić information content (AvgIpc) is 2.60. The number of rotatable bonds is 6. The van der Waals surface area contributed by atoms with E-state index in [1.165, 1.54) is 4.57 Å². The molecule has 0 saturated heterocycles. The van der Waals surface area contributed by atoms with E-state index in [1.807, 2.05) is 58.9 Å². The summed E-state index contributed by atoms with van der Waals surface area (Å²) in [5.74, 6) is 0.948. The summed E-state index contributed by atoms with van der Waals surface area (Å²) in [5, 5.41) is 0. The first-order valence-corrected chi connectivity index (χ1v) is 9.96. The Bertz CT molecular complexity index is 1120. The van der Waals surface area contributed by atoms with Crippen molar-refractivity contribution in [2.24, 2.45) is 0 Å². The normalized spacial score (nSPS) is 10.9. The number of nitrogens with one attached hydrogen (secondary N) is 1. The minimum absolute atomic E-state index is 0.324. The molecule has 0 aliphatic rings. The third kappa shape index (κ3) is 4.86. The van der Waals surface area contributed by atoms with E-state index < -0.39 is 5.69 Å². The van der Waals surface area contributed by atoms with E-state index in [0.29, 0.717) is 30.2 Å². The zero-order valence-electron chi connectivity index (χ0n) is 17.8. The fraction of sp³-hybridized carbons (Fsp3) is 0.333. The highest BCUT2D eigenvalue weighted by Gasteiger charge is 2.18. The number of hydrogen-bond donors (Lipinski definition) is 1. The lowest BCUT2D eigenvalue weighted by Gasteiger charge is -2.17. The maximum atomic E-state index is 12.7. The van der Waals surface area contributed by atoms with Gasteiger partial charge in [0.2, 0.25) is 5.88 Å². The minimum atomic E-state index is -0.464. The molecule has 152 valence electrons. The van der Waals surface area contributed by atoms with Gasteiger partial charge < -0.3 is 4.74 Å². The Labute approximate surface area is 171 Å². The molecule has 0 spiro atoms. The molecule has 0 unspecified atom stereocenters. The van der Waals surface area contributed by atoms with E-state index in [4.69, 9.17) is 4.74 Å². The summed E-state index contributed by atoms with van der Waals surface area (Å²) in [6.45, 7) is 10.4. The number of ether oxygens (including phenoxy) is 1. The number of aromatic nitrogens is 2. The molecule has 0 atom stereocenters. The second-order valence-corrected chi connectivity index (χ2v) is 7.80. The van der Waals surface area contributed by atoms with Crippen molar-refractivity contribution in [1.29, 1.82) is 0 Å². The predicted molar refractivity (Wildman–Crippen MR) is 116 cm³/mol. The Kier molecular flexibility index (Phi) is 6.06. The number of benzene rings is 2. The van der Waals surface area contributed by atoms with Crippen molar-refractivity contribution < 1.29 is 4.74 Å². The Morgan fingerprint density at radius 3 is 1.97 bits per heavy atom. The van der Waals surface area contributed by atoms with E-state index >= 15 is 0 Å². The van der Waals surface area contributed by atoms with E-state index in [2.05, 4.69) is 17.1 Å². The fourth-order valence-corrected chi connectivity index (χ4v) is 3.77. The van der Waals surface area contributed by atoms with Crippen molar-refractivity contribution in [1.82, 2.24) is 9.55 Å². The van der Waals surface area contributed by atoms with Crippen molar-refractivity contribution in [3.05, 3.63) is 90.6 Å². The molecule has 0 fully saturated rings. The molecule has 0 radical (unpaired) electrons. The lowest BCUT2D eigenvalue weighted by Crippen LogP contribution is -2.33. The van der Waals surface area contributed by atoms with Crippen LogP contribution in [0.15, 0.2) is 46.0 Å². The van der Waals surface area contributed by atoms with Gasteiger partial charge in [-0.1, -0.05) is 48.7 Å². The van der Waals surface area contributed by atoms with Gasteiger partial charge >= 0.3 is 5.69 Å². The first kappa shape index (κ1) is 20.6. The molecule has 2 aromatic carbocycles. The van der Waals surface area contributed by atoms with Crippen LogP contribution in [-0.4, -0.2) is 9.55 Å². The number of H-pyrrole nitrogens is 1. The van der Waals surface area contributed by atoms with Gasteiger partial charge in [0.1, 0.15) is 5.75 Å². The van der Waals surface area contributed by atoms with Crippen LogP contribution in [0.1, 0.15) is 46.7 Å². The van der Waals surface area contributed by atoms with E-state index in [1.54, 1.807) is 0 Å². The molecule has 5 nitrogen and oxygen atoms in total. The van der Waals surface area contributed by atoms with Crippen molar-refractivity contribution in [3.8, 4) is 11.6 Å². The quantitative estimate of drug-likeness (QED) is 0.669. The summed E-state index contributed by atoms with van der Waals surface area (Å²) in [6, 6.07) is 12.1. The van der Waals surface area contributed by atoms with Gasteiger partial charge in [-0.15, -0.1) is 0 Å². The molecule has 1 aromatic heterocycles. The molecule has 0 amide bonds. The smallest absolute Gasteiger partial charge is 0.331 e. The first-order chi connectivity index (χ1) is 13.8. The third-order valence-corrected chi connectivity index (χ3v) is 4.77. The highest BCUT2D eigenvalue weighted by molar-refractivity contribution is 5.38. The van der Waals surface area contributed by atoms with Gasteiger partial charge in [-0.3, -0.25) is 14.3 Å². The molecule has 3 aromatic rings. The minimum Gasteiger partial charge on any atom is -0.440 e. The summed E-state index contributed by atoms with van der Waals surface area (Å²) >= 11 is 0. The number of hydrogen-bond acceptors (Lipinski definition) is 3. The second kappa shape index (κ2) is 8.52. The van der Waals surface area contributed by atoms with Gasteiger partial charge in [0.05, 0.1) is 12.1 Å². The number of aryl methyl sites for hydroxylation is 4. The molecule has 3 rings (SSSR count). The topological polar surface area (TPSA) is 64.1 Å². The Morgan fingerprint density at radius 2 is 1.41 bits per heavy atom. The van der Waals surface area contributed by atoms with E-state index in [-0.39, 0.29) is 5.56 Å². The Morgan fingerprint density at radius 1 is 0.862 bits per heavy atom. The van der Waals surface area contributed by atoms with Crippen LogP contribution in [0.2, 0.25) is 0 Å². The van der Waals surface area contributed by atoms with Gasteiger partial charge in [0.25, 0.3) is 5.56 Å². The molecule has 0 bridgehead atoms. The molecule has 29 heavy (non-hydrogen) atoms. The molecular formula is C24H28N2O3. The predicted octanol–water partition coefficient (Wildman–Crippen LogP) is 4.56. The Balaban J connectivity index is 2.17. The van der Waals surface area contributed by atoms with Crippen molar-refractivity contribution in [3.63, 3.8) is 0 Å². The third-order valence-electron chi connectivity index (χ3n) is 4.77. The number of aromatic amines is 1. The highest BCUT2D eigenvalue weighted by atomic mass is 16.5. The Hall–Kier alpha value is -3.08. The molecule has 0 saturated carbocycles. The van der Waals surface area contributed by atoms with Crippen LogP contribution < -0.4 is 16.0 Å². The van der Waals surface area contributed by atoms with Gasteiger partial charge in [0.15, 0.2) is 0 Å². The first-order valence-electron chi connectivity index (χ1n) is 9.96. The monoisotopic (exact) mass is 392 g/mol. The zero-order valence-corrected chi connectivity index (χ0v) is 17.8. The highest BCUT2D eigenvalue weighted by Crippen LogP contribution is 2.26. The summed E-state index contributed by atoms with van der Waals surface area (Å²) < 4.78 is 7.72. The van der Waals surface area contributed by atoms with E-state index in [0.717, 1.165) is 34.2 Å². The van der Waals surface area contributed by atoms with Gasteiger partial charge in [0, 0.05) is 0 Å². The SMILES string of the molecule is CCCc1c(Oc2cc(C)cc(C)c2)n(Cc2cc(C)cc(C)c2)c(=O)[nH]c1=O. The van der Waals surface area contributed by atoms with Crippen molar-refractivity contribution in [2.45, 2.75) is 54.0 Å². The average molecular weight is 392 g/mol. The van der Waals surface area contributed by atoms with Crippen LogP contribution in [0.3, 0.4) is 0 Å². The summed E-state index contributed by atoms with van der Waals surface area (Å²) in [7, 11) is 0. The molecule has 1 heterocycles. The van der Waals surface area contributed by atoms with E-state index in [9.17, 15) is 9.59 Å². The van der Waals surface area contributed by atoms with Gasteiger partial charge in [-0.2, -0.15) is 0 Å². The number of nitrogens with zero attached hydrogens (tertiary/aromatic N) is 1. The summed E-state index contributed by atoms with van der Waals surface area (Å²) in [5.41, 5.74) is 5.02. The van der Waals surface area contributed by atoms with Crippen LogP contribution >= 0.6 is 0 Å². The molecule has 5 heteroatoms. The van der Waals surface area contributed by atoms with Crippen LogP contribution in [0.25, 0.3) is 0 Å². The summed E-state index contributed by atoms with van der Waals surface area (Å²) in [6.07, 6.45) is 1.30. The zero-order chi connectivity index (χ0) is 21.1. The van der Waals surface area contributed by atoms with Gasteiger partial charge in [-0.25, -0.2) is 4.79 Å². The lowest BCUT2D eigenvalue weighted by molar-refractivity contribution is 0.412. The maximum absolute atomic E-state index is 12.7. The van der Waals surface area contributed by atoms with Crippen molar-refractivity contribution >= 4 is 0 Å². The molecule has 1 N–H and O–H groups in total. The summed E-state index contributed by atoms with van der Waals surface area (Å²) in [4.78, 5) is 27.7. The van der Waals surface area contributed by atoms with Crippen molar-refractivity contribution in [2.75, 3.05) is 0 Å².